The van der Waals surface area contributed by atoms with Gasteiger partial charge in [0.2, 0.25) is 5.91 Å². The van der Waals surface area contributed by atoms with Crippen LogP contribution in [0.2, 0.25) is 0 Å². The molecule has 2 fully saturated rings. The Morgan fingerprint density at radius 3 is 2.45 bits per heavy atom. The smallest absolute Gasteiger partial charge is 0.307 e. The highest BCUT2D eigenvalue weighted by molar-refractivity contribution is 5.85. The number of hydrogen-bond acceptors (Lipinski definition) is 3. The molecule has 5 nitrogen and oxygen atoms in total. The molecule has 1 saturated carbocycles. The highest BCUT2D eigenvalue weighted by Crippen LogP contribution is 2.30. The fraction of sp³-hybridized carbons (Fsp3) is 0.733. The predicted molar refractivity (Wildman–Crippen MR) is 74.1 cm³/mol. The molecule has 1 unspecified atom stereocenters. The Morgan fingerprint density at radius 2 is 1.80 bits per heavy atom. The Kier molecular flexibility index (Phi) is 3.78. The van der Waals surface area contributed by atoms with Crippen LogP contribution in [0, 0.1) is 11.8 Å². The number of amides is 1. The van der Waals surface area contributed by atoms with Gasteiger partial charge in [0.15, 0.2) is 0 Å². The van der Waals surface area contributed by atoms with Crippen molar-refractivity contribution in [2.45, 2.75) is 44.2 Å². The quantitative estimate of drug-likeness (QED) is 0.753. The van der Waals surface area contributed by atoms with Gasteiger partial charge in [-0.3, -0.25) is 14.5 Å². The van der Waals surface area contributed by atoms with Crippen LogP contribution in [0.25, 0.3) is 0 Å². The third-order valence-corrected chi connectivity index (χ3v) is 4.72. The van der Waals surface area contributed by atoms with Gasteiger partial charge in [-0.1, -0.05) is 12.2 Å². The normalized spacial score (nSPS) is 34.1. The number of allylic oxidation sites excluding steroid dienone is 2. The van der Waals surface area contributed by atoms with Crippen LogP contribution in [-0.2, 0) is 9.59 Å². The summed E-state index contributed by atoms with van der Waals surface area (Å²) in [7, 11) is 0. The molecular formula is C15H22N2O3. The van der Waals surface area contributed by atoms with Crippen molar-refractivity contribution >= 4 is 11.9 Å². The molecule has 3 atom stereocenters. The van der Waals surface area contributed by atoms with Gasteiger partial charge in [0.05, 0.1) is 11.8 Å². The van der Waals surface area contributed by atoms with Crippen LogP contribution in [0.1, 0.15) is 32.1 Å². The summed E-state index contributed by atoms with van der Waals surface area (Å²) in [5, 5.41) is 12.3. The number of aliphatic carboxylic acids is 1. The maximum absolute atomic E-state index is 12.3. The van der Waals surface area contributed by atoms with Crippen LogP contribution >= 0.6 is 0 Å². The monoisotopic (exact) mass is 278 g/mol. The zero-order chi connectivity index (χ0) is 14.1. The number of rotatable bonds is 4. The van der Waals surface area contributed by atoms with Crippen molar-refractivity contribution in [2.75, 3.05) is 13.1 Å². The Balaban J connectivity index is 1.55. The van der Waals surface area contributed by atoms with Gasteiger partial charge < -0.3 is 10.4 Å². The van der Waals surface area contributed by atoms with E-state index >= 15 is 0 Å². The third-order valence-electron chi connectivity index (χ3n) is 4.72. The van der Waals surface area contributed by atoms with Gasteiger partial charge in [0, 0.05) is 25.2 Å². The number of carbonyl (C=O) groups excluding carboxylic acids is 1. The van der Waals surface area contributed by atoms with Crippen molar-refractivity contribution in [3.05, 3.63) is 12.2 Å². The van der Waals surface area contributed by atoms with E-state index in [1.165, 1.54) is 12.8 Å². The number of likely N-dealkylation sites (tertiary alicyclic amines) is 1. The van der Waals surface area contributed by atoms with Crippen molar-refractivity contribution in [1.29, 1.82) is 0 Å². The first kappa shape index (κ1) is 13.6. The second-order valence-electron chi connectivity index (χ2n) is 6.21. The van der Waals surface area contributed by atoms with Gasteiger partial charge in [-0.05, 0) is 32.1 Å². The Hall–Kier alpha value is -1.36. The Morgan fingerprint density at radius 1 is 1.10 bits per heavy atom. The number of carbonyl (C=O) groups is 2. The molecule has 0 bridgehead atoms. The van der Waals surface area contributed by atoms with Gasteiger partial charge in [0.25, 0.3) is 0 Å². The van der Waals surface area contributed by atoms with Gasteiger partial charge in [-0.25, -0.2) is 0 Å². The lowest BCUT2D eigenvalue weighted by atomic mass is 9.82. The summed E-state index contributed by atoms with van der Waals surface area (Å²) in [5.74, 6) is -1.92. The fourth-order valence-electron chi connectivity index (χ4n) is 3.36. The minimum atomic E-state index is -0.861. The average Bonchev–Trinajstić information content (AvgIpc) is 3.19. The van der Waals surface area contributed by atoms with Crippen LogP contribution in [0.15, 0.2) is 12.2 Å². The number of nitrogens with one attached hydrogen (secondary N) is 1. The highest BCUT2D eigenvalue weighted by Gasteiger charge is 2.38. The van der Waals surface area contributed by atoms with E-state index < -0.39 is 17.8 Å². The molecule has 0 radical (unpaired) electrons. The van der Waals surface area contributed by atoms with E-state index in [9.17, 15) is 14.7 Å². The largest absolute Gasteiger partial charge is 0.481 e. The van der Waals surface area contributed by atoms with Gasteiger partial charge in [-0.2, -0.15) is 0 Å². The highest BCUT2D eigenvalue weighted by atomic mass is 16.4. The van der Waals surface area contributed by atoms with Crippen LogP contribution in [0.3, 0.4) is 0 Å². The molecule has 3 rings (SSSR count). The molecule has 0 aromatic carbocycles. The number of carboxylic acids is 1. The van der Waals surface area contributed by atoms with Crippen LogP contribution < -0.4 is 5.32 Å². The molecular weight excluding hydrogens is 256 g/mol. The maximum atomic E-state index is 12.3. The van der Waals surface area contributed by atoms with E-state index in [-0.39, 0.29) is 11.9 Å². The summed E-state index contributed by atoms with van der Waals surface area (Å²) in [6, 6.07) is 0.935. The molecule has 20 heavy (non-hydrogen) atoms. The van der Waals surface area contributed by atoms with E-state index in [1.54, 1.807) is 0 Å². The average molecular weight is 278 g/mol. The zero-order valence-electron chi connectivity index (χ0n) is 11.6. The summed E-state index contributed by atoms with van der Waals surface area (Å²) in [6.07, 6.45) is 8.36. The maximum Gasteiger partial charge on any atom is 0.307 e. The van der Waals surface area contributed by atoms with Gasteiger partial charge in [0.1, 0.15) is 0 Å². The first-order valence-corrected chi connectivity index (χ1v) is 7.57. The standard InChI is InChI=1S/C15H22N2O3/c18-14(12-3-1-2-4-13(12)15(19)20)16-10-7-8-17(9-10)11-5-6-11/h1-2,10-13H,3-9H2,(H,16,18)(H,19,20)/t10?,12-,13+/m1/s1. The third kappa shape index (κ3) is 2.87. The van der Waals surface area contributed by atoms with Crippen LogP contribution in [0.4, 0.5) is 0 Å². The number of nitrogens with zero attached hydrogens (tertiary/aromatic N) is 1. The van der Waals surface area contributed by atoms with Gasteiger partial charge in [-0.15, -0.1) is 0 Å². The summed E-state index contributed by atoms with van der Waals surface area (Å²) < 4.78 is 0. The van der Waals surface area contributed by atoms with Gasteiger partial charge >= 0.3 is 5.97 Å². The SMILES string of the molecule is O=C(O)[C@H]1CC=CC[C@H]1C(=O)NC1CCN(C2CC2)C1. The molecule has 1 saturated heterocycles. The lowest BCUT2D eigenvalue weighted by Crippen LogP contribution is -2.44. The zero-order valence-corrected chi connectivity index (χ0v) is 11.6. The molecule has 2 aliphatic carbocycles. The van der Waals surface area contributed by atoms with Crippen molar-refractivity contribution in [3.63, 3.8) is 0 Å². The molecule has 110 valence electrons. The lowest BCUT2D eigenvalue weighted by molar-refractivity contribution is -0.147. The first-order valence-electron chi connectivity index (χ1n) is 7.57. The molecule has 2 N–H and O–H groups in total. The lowest BCUT2D eigenvalue weighted by Gasteiger charge is -2.26. The molecule has 0 aromatic rings. The second-order valence-corrected chi connectivity index (χ2v) is 6.21. The number of carboxylic acid groups (broad SMARTS) is 1. The predicted octanol–water partition coefficient (Wildman–Crippen LogP) is 1.01. The molecule has 1 aliphatic heterocycles. The molecule has 0 spiro atoms. The summed E-state index contributed by atoms with van der Waals surface area (Å²) in [4.78, 5) is 26.0. The molecule has 1 amide bonds. The second kappa shape index (κ2) is 5.56. The Labute approximate surface area is 119 Å². The summed E-state index contributed by atoms with van der Waals surface area (Å²) >= 11 is 0. The Bertz CT molecular complexity index is 431. The van der Waals surface area contributed by atoms with Crippen molar-refractivity contribution in [1.82, 2.24) is 10.2 Å². The van der Waals surface area contributed by atoms with E-state index in [2.05, 4.69) is 10.2 Å². The van der Waals surface area contributed by atoms with E-state index in [0.29, 0.717) is 12.8 Å². The molecule has 1 heterocycles. The number of hydrogen-bond donors (Lipinski definition) is 2. The molecule has 5 heteroatoms. The molecule has 3 aliphatic rings. The minimum absolute atomic E-state index is 0.0793. The van der Waals surface area contributed by atoms with Crippen molar-refractivity contribution < 1.29 is 14.7 Å². The van der Waals surface area contributed by atoms with E-state index in [1.807, 2.05) is 12.2 Å². The van der Waals surface area contributed by atoms with E-state index in [4.69, 9.17) is 0 Å². The van der Waals surface area contributed by atoms with Crippen molar-refractivity contribution in [3.8, 4) is 0 Å². The topological polar surface area (TPSA) is 69.6 Å². The van der Waals surface area contributed by atoms with Crippen molar-refractivity contribution in [2.24, 2.45) is 11.8 Å². The summed E-state index contributed by atoms with van der Waals surface area (Å²) in [5.41, 5.74) is 0. The molecule has 0 aromatic heterocycles. The first-order chi connectivity index (χ1) is 9.65. The summed E-state index contributed by atoms with van der Waals surface area (Å²) in [6.45, 7) is 1.99. The minimum Gasteiger partial charge on any atom is -0.481 e. The van der Waals surface area contributed by atoms with Crippen LogP contribution in [0.5, 0.6) is 0 Å². The fourth-order valence-corrected chi connectivity index (χ4v) is 3.36. The van der Waals surface area contributed by atoms with E-state index in [0.717, 1.165) is 25.6 Å². The van der Waals surface area contributed by atoms with Crippen LogP contribution in [-0.4, -0.2) is 47.1 Å².